The summed E-state index contributed by atoms with van der Waals surface area (Å²) in [6, 6.07) is 15.7. The van der Waals surface area contributed by atoms with Crippen molar-refractivity contribution in [1.82, 2.24) is 0 Å². The number of ketones is 1. The van der Waals surface area contributed by atoms with Gasteiger partial charge in [0.25, 0.3) is 0 Å². The van der Waals surface area contributed by atoms with Gasteiger partial charge >= 0.3 is 0 Å². The molecule has 0 aliphatic rings. The minimum atomic E-state index is -0.159. The van der Waals surface area contributed by atoms with Crippen molar-refractivity contribution in [3.63, 3.8) is 0 Å². The van der Waals surface area contributed by atoms with Crippen molar-refractivity contribution in [3.05, 3.63) is 92.4 Å². The lowest BCUT2D eigenvalue weighted by Crippen LogP contribution is -2.00. The molecule has 3 aromatic rings. The molecule has 160 valence electrons. The van der Waals surface area contributed by atoms with Crippen LogP contribution in [0.2, 0.25) is 15.1 Å². The van der Waals surface area contributed by atoms with E-state index in [1.165, 1.54) is 19.3 Å². The highest BCUT2D eigenvalue weighted by molar-refractivity contribution is 6.43. The Bertz CT molecular complexity index is 1130. The highest BCUT2D eigenvalue weighted by Gasteiger charge is 2.11. The third-order valence-electron chi connectivity index (χ3n) is 4.46. The van der Waals surface area contributed by atoms with E-state index in [4.69, 9.17) is 49.0 Å². The van der Waals surface area contributed by atoms with Gasteiger partial charge in [-0.05, 0) is 42.0 Å². The van der Waals surface area contributed by atoms with Gasteiger partial charge in [-0.25, -0.2) is 0 Å². The van der Waals surface area contributed by atoms with Crippen molar-refractivity contribution >= 4 is 46.7 Å². The molecule has 7 heteroatoms. The minimum Gasteiger partial charge on any atom is -0.496 e. The summed E-state index contributed by atoms with van der Waals surface area (Å²) in [4.78, 5) is 12.6. The Balaban J connectivity index is 1.79. The smallest absolute Gasteiger partial charge is 0.189 e. The molecule has 31 heavy (non-hydrogen) atoms. The molecule has 0 bridgehead atoms. The average molecular weight is 478 g/mol. The first-order valence-corrected chi connectivity index (χ1v) is 10.4. The largest absolute Gasteiger partial charge is 0.496 e. The number of methoxy groups -OCH3 is 2. The van der Waals surface area contributed by atoms with Crippen LogP contribution in [-0.2, 0) is 6.61 Å². The maximum atomic E-state index is 12.6. The van der Waals surface area contributed by atoms with E-state index < -0.39 is 0 Å². The molecule has 0 radical (unpaired) electrons. The highest BCUT2D eigenvalue weighted by Crippen LogP contribution is 2.35. The van der Waals surface area contributed by atoms with Gasteiger partial charge in [-0.1, -0.05) is 59.1 Å². The monoisotopic (exact) mass is 476 g/mol. The second-order valence-electron chi connectivity index (χ2n) is 6.45. The Morgan fingerprint density at radius 1 is 0.839 bits per heavy atom. The quantitative estimate of drug-likeness (QED) is 0.196. The molecule has 0 saturated heterocycles. The Morgan fingerprint density at radius 2 is 1.55 bits per heavy atom. The summed E-state index contributed by atoms with van der Waals surface area (Å²) in [5, 5.41) is 1.05. The minimum absolute atomic E-state index is 0.159. The van der Waals surface area contributed by atoms with Gasteiger partial charge in [0, 0.05) is 11.6 Å². The first-order chi connectivity index (χ1) is 14.9. The van der Waals surface area contributed by atoms with Crippen LogP contribution in [0, 0.1) is 0 Å². The summed E-state index contributed by atoms with van der Waals surface area (Å²) >= 11 is 18.2. The summed E-state index contributed by atoms with van der Waals surface area (Å²) in [7, 11) is 3.11. The number of allylic oxidation sites excluding steroid dienone is 1. The van der Waals surface area contributed by atoms with Crippen LogP contribution in [0.15, 0.2) is 60.7 Å². The van der Waals surface area contributed by atoms with Gasteiger partial charge in [0.15, 0.2) is 5.78 Å². The molecule has 0 aliphatic carbocycles. The van der Waals surface area contributed by atoms with Gasteiger partial charge in [-0.15, -0.1) is 0 Å². The number of carbonyl (C=O) groups is 1. The van der Waals surface area contributed by atoms with Crippen LogP contribution in [0.25, 0.3) is 6.08 Å². The molecular weight excluding hydrogens is 459 g/mol. The molecule has 0 aromatic heterocycles. The zero-order valence-electron chi connectivity index (χ0n) is 16.8. The van der Waals surface area contributed by atoms with E-state index in [2.05, 4.69) is 0 Å². The molecule has 0 heterocycles. The summed E-state index contributed by atoms with van der Waals surface area (Å²) in [5.74, 6) is 1.42. The lowest BCUT2D eigenvalue weighted by atomic mass is 10.1. The van der Waals surface area contributed by atoms with Crippen molar-refractivity contribution in [2.24, 2.45) is 0 Å². The zero-order valence-corrected chi connectivity index (χ0v) is 19.1. The van der Waals surface area contributed by atoms with E-state index in [1.807, 2.05) is 24.3 Å². The van der Waals surface area contributed by atoms with Crippen LogP contribution in [-0.4, -0.2) is 20.0 Å². The van der Waals surface area contributed by atoms with Crippen LogP contribution in [0.5, 0.6) is 17.2 Å². The van der Waals surface area contributed by atoms with Crippen molar-refractivity contribution in [2.75, 3.05) is 14.2 Å². The lowest BCUT2D eigenvalue weighted by Gasteiger charge is -2.13. The molecule has 4 nitrogen and oxygen atoms in total. The number of para-hydroxylation sites is 1. The molecule has 0 spiro atoms. The summed E-state index contributed by atoms with van der Waals surface area (Å²) < 4.78 is 16.5. The standard InChI is InChI=1S/C24H19Cl3O4/c1-29-22-10-8-15(7-9-21(28)17-5-3-4-6-23(17)30-2)11-16(22)14-31-24-13-19(26)18(25)12-20(24)27/h3-13H,14H2,1-2H3/b9-7+. The van der Waals surface area contributed by atoms with Gasteiger partial charge < -0.3 is 14.2 Å². The van der Waals surface area contributed by atoms with Gasteiger partial charge in [0.2, 0.25) is 0 Å². The van der Waals surface area contributed by atoms with E-state index in [1.54, 1.807) is 37.5 Å². The van der Waals surface area contributed by atoms with Crippen LogP contribution >= 0.6 is 34.8 Å². The van der Waals surface area contributed by atoms with Crippen molar-refractivity contribution in [1.29, 1.82) is 0 Å². The topological polar surface area (TPSA) is 44.8 Å². The molecule has 0 N–H and O–H groups in total. The molecule has 0 fully saturated rings. The van der Waals surface area contributed by atoms with Gasteiger partial charge in [0.1, 0.15) is 23.9 Å². The molecule has 0 aliphatic heterocycles. The van der Waals surface area contributed by atoms with E-state index in [9.17, 15) is 4.79 Å². The van der Waals surface area contributed by atoms with Crippen LogP contribution < -0.4 is 14.2 Å². The number of hydrogen-bond acceptors (Lipinski definition) is 4. The average Bonchev–Trinajstić information content (AvgIpc) is 2.78. The molecule has 0 atom stereocenters. The molecule has 0 unspecified atom stereocenters. The summed E-state index contributed by atoms with van der Waals surface area (Å²) in [6.45, 7) is 0.184. The van der Waals surface area contributed by atoms with Crippen LogP contribution in [0.1, 0.15) is 21.5 Å². The van der Waals surface area contributed by atoms with Crippen molar-refractivity contribution < 1.29 is 19.0 Å². The number of hydrogen-bond donors (Lipinski definition) is 0. The molecule has 3 aromatic carbocycles. The first-order valence-electron chi connectivity index (χ1n) is 9.22. The molecule has 0 amide bonds. The number of ether oxygens (including phenoxy) is 3. The first kappa shape index (κ1) is 23.0. The fourth-order valence-corrected chi connectivity index (χ4v) is 3.49. The normalized spacial score (nSPS) is 10.9. The maximum absolute atomic E-state index is 12.6. The predicted octanol–water partition coefficient (Wildman–Crippen LogP) is 7.14. The van der Waals surface area contributed by atoms with Gasteiger partial charge in [0.05, 0.1) is 34.9 Å². The second kappa shape index (κ2) is 10.6. The zero-order chi connectivity index (χ0) is 22.4. The number of carbonyl (C=O) groups excluding carboxylic acids is 1. The number of benzene rings is 3. The third-order valence-corrected chi connectivity index (χ3v) is 5.48. The highest BCUT2D eigenvalue weighted by atomic mass is 35.5. The Hall–Kier alpha value is -2.66. The molecule has 3 rings (SSSR count). The van der Waals surface area contributed by atoms with Crippen molar-refractivity contribution in [2.45, 2.75) is 6.61 Å². The SMILES string of the molecule is COc1ccc(/C=C/C(=O)c2ccccc2OC)cc1COc1cc(Cl)c(Cl)cc1Cl. The van der Waals surface area contributed by atoms with Crippen LogP contribution in [0.3, 0.4) is 0 Å². The summed E-state index contributed by atoms with van der Waals surface area (Å²) in [6.07, 6.45) is 3.23. The lowest BCUT2D eigenvalue weighted by molar-refractivity contribution is 0.104. The Morgan fingerprint density at radius 3 is 2.29 bits per heavy atom. The number of rotatable bonds is 8. The predicted molar refractivity (Wildman–Crippen MR) is 125 cm³/mol. The van der Waals surface area contributed by atoms with Crippen LogP contribution in [0.4, 0.5) is 0 Å². The third kappa shape index (κ3) is 5.73. The van der Waals surface area contributed by atoms with E-state index in [0.29, 0.717) is 37.9 Å². The second-order valence-corrected chi connectivity index (χ2v) is 7.68. The van der Waals surface area contributed by atoms with E-state index in [-0.39, 0.29) is 12.4 Å². The fourth-order valence-electron chi connectivity index (χ4n) is 2.90. The van der Waals surface area contributed by atoms with E-state index in [0.717, 1.165) is 11.1 Å². The Kier molecular flexibility index (Phi) is 7.85. The Labute approximate surface area is 195 Å². The van der Waals surface area contributed by atoms with Gasteiger partial charge in [-0.3, -0.25) is 4.79 Å². The summed E-state index contributed by atoms with van der Waals surface area (Å²) in [5.41, 5.74) is 2.08. The van der Waals surface area contributed by atoms with E-state index >= 15 is 0 Å². The number of halogens is 3. The fraction of sp³-hybridized carbons (Fsp3) is 0.125. The molecular formula is C24H19Cl3O4. The maximum Gasteiger partial charge on any atom is 0.189 e. The van der Waals surface area contributed by atoms with Crippen molar-refractivity contribution in [3.8, 4) is 17.2 Å². The molecule has 0 saturated carbocycles. The van der Waals surface area contributed by atoms with Gasteiger partial charge in [-0.2, -0.15) is 0 Å².